The molecule has 2 aromatic carbocycles. The van der Waals surface area contributed by atoms with Crippen LogP contribution in [0.15, 0.2) is 61.2 Å². The number of hydrogen-bond acceptors (Lipinski definition) is 0. The van der Waals surface area contributed by atoms with Crippen LogP contribution < -0.4 is 0 Å². The van der Waals surface area contributed by atoms with Gasteiger partial charge in [0.05, 0.1) is 0 Å². The third-order valence-electron chi connectivity index (χ3n) is 8.56. The number of fused-ring (bicyclic) bond motifs is 1. The van der Waals surface area contributed by atoms with Gasteiger partial charge in [0.25, 0.3) is 0 Å². The summed E-state index contributed by atoms with van der Waals surface area (Å²) >= 11 is 0. The summed E-state index contributed by atoms with van der Waals surface area (Å²) in [7, 11) is 0. The second-order valence-electron chi connectivity index (χ2n) is 10.4. The highest BCUT2D eigenvalue weighted by atomic mass is 14.4. The molecular formula is C31H42. The lowest BCUT2D eigenvalue weighted by Gasteiger charge is -2.39. The van der Waals surface area contributed by atoms with E-state index in [1.54, 1.807) is 5.56 Å². The summed E-state index contributed by atoms with van der Waals surface area (Å²) in [6, 6.07) is 14.2. The molecule has 0 aromatic heterocycles. The first-order valence-corrected chi connectivity index (χ1v) is 12.9. The largest absolute Gasteiger partial charge is 0.103 e. The summed E-state index contributed by atoms with van der Waals surface area (Å²) in [5, 5.41) is 2.79. The van der Waals surface area contributed by atoms with Gasteiger partial charge < -0.3 is 0 Å². The molecule has 31 heavy (non-hydrogen) atoms. The molecule has 0 bridgehead atoms. The molecule has 0 spiro atoms. The SMILES string of the molecule is C=CCCc1ccc2cc(C(C)C3CCC(C4CCC(/C=C/C)CC4)CC3)ccc2c1. The van der Waals surface area contributed by atoms with Crippen molar-refractivity contribution < 1.29 is 0 Å². The average molecular weight is 415 g/mol. The number of allylic oxidation sites excluding steroid dienone is 3. The van der Waals surface area contributed by atoms with E-state index in [4.69, 9.17) is 0 Å². The molecule has 0 amide bonds. The highest BCUT2D eigenvalue weighted by Gasteiger charge is 2.32. The normalized spacial score (nSPS) is 28.1. The summed E-state index contributed by atoms with van der Waals surface area (Å²) in [5.41, 5.74) is 2.97. The van der Waals surface area contributed by atoms with Crippen molar-refractivity contribution in [3.05, 3.63) is 72.3 Å². The van der Waals surface area contributed by atoms with Gasteiger partial charge in [0.2, 0.25) is 0 Å². The van der Waals surface area contributed by atoms with E-state index in [0.717, 1.165) is 36.5 Å². The summed E-state index contributed by atoms with van der Waals surface area (Å²) in [6.45, 7) is 8.50. The number of benzene rings is 2. The monoisotopic (exact) mass is 414 g/mol. The van der Waals surface area contributed by atoms with Gasteiger partial charge in [0.1, 0.15) is 0 Å². The van der Waals surface area contributed by atoms with Gasteiger partial charge >= 0.3 is 0 Å². The molecule has 0 aliphatic heterocycles. The van der Waals surface area contributed by atoms with Crippen LogP contribution in [0.1, 0.15) is 88.7 Å². The van der Waals surface area contributed by atoms with E-state index in [9.17, 15) is 0 Å². The molecule has 166 valence electrons. The maximum atomic E-state index is 3.85. The van der Waals surface area contributed by atoms with Crippen molar-refractivity contribution >= 4 is 10.8 Å². The molecule has 2 aromatic rings. The van der Waals surface area contributed by atoms with Gasteiger partial charge in [-0.2, -0.15) is 0 Å². The number of rotatable bonds is 7. The first kappa shape index (κ1) is 22.4. The summed E-state index contributed by atoms with van der Waals surface area (Å²) in [6.07, 6.45) is 20.5. The fraction of sp³-hybridized carbons (Fsp3) is 0.548. The molecule has 4 rings (SSSR count). The zero-order valence-corrected chi connectivity index (χ0v) is 19.9. The smallest absolute Gasteiger partial charge is 0.0162 e. The molecule has 1 atom stereocenters. The third kappa shape index (κ3) is 5.51. The minimum atomic E-state index is 0.677. The topological polar surface area (TPSA) is 0 Å². The van der Waals surface area contributed by atoms with Gasteiger partial charge in [0.15, 0.2) is 0 Å². The van der Waals surface area contributed by atoms with E-state index in [2.05, 4.69) is 69.0 Å². The fourth-order valence-electron chi connectivity index (χ4n) is 6.49. The van der Waals surface area contributed by atoms with Crippen LogP contribution in [0.2, 0.25) is 0 Å². The lowest BCUT2D eigenvalue weighted by atomic mass is 9.67. The molecular weight excluding hydrogens is 372 g/mol. The zero-order valence-electron chi connectivity index (χ0n) is 19.9. The van der Waals surface area contributed by atoms with Crippen LogP contribution in [-0.2, 0) is 6.42 Å². The predicted octanol–water partition coefficient (Wildman–Crippen LogP) is 9.25. The molecule has 2 saturated carbocycles. The maximum absolute atomic E-state index is 3.85. The third-order valence-corrected chi connectivity index (χ3v) is 8.56. The van der Waals surface area contributed by atoms with E-state index >= 15 is 0 Å². The van der Waals surface area contributed by atoms with Crippen molar-refractivity contribution in [3.8, 4) is 0 Å². The minimum absolute atomic E-state index is 0.677. The predicted molar refractivity (Wildman–Crippen MR) is 137 cm³/mol. The molecule has 2 aliphatic rings. The Hall–Kier alpha value is -1.82. The first-order valence-electron chi connectivity index (χ1n) is 12.9. The average Bonchev–Trinajstić information content (AvgIpc) is 2.82. The maximum Gasteiger partial charge on any atom is -0.0162 e. The van der Waals surface area contributed by atoms with Crippen molar-refractivity contribution in [2.45, 2.75) is 84.0 Å². The molecule has 0 heteroatoms. The summed E-state index contributed by atoms with van der Waals surface area (Å²) < 4.78 is 0. The highest BCUT2D eigenvalue weighted by Crippen LogP contribution is 2.45. The van der Waals surface area contributed by atoms with Crippen molar-refractivity contribution in [2.75, 3.05) is 0 Å². The van der Waals surface area contributed by atoms with Gasteiger partial charge in [-0.15, -0.1) is 6.58 Å². The van der Waals surface area contributed by atoms with Crippen LogP contribution in [0.4, 0.5) is 0 Å². The van der Waals surface area contributed by atoms with Gasteiger partial charge in [-0.1, -0.05) is 61.5 Å². The molecule has 2 fully saturated rings. The molecule has 0 nitrogen and oxygen atoms in total. The van der Waals surface area contributed by atoms with Crippen LogP contribution in [-0.4, -0.2) is 0 Å². The van der Waals surface area contributed by atoms with Crippen LogP contribution in [0.5, 0.6) is 0 Å². The van der Waals surface area contributed by atoms with Crippen molar-refractivity contribution in [3.63, 3.8) is 0 Å². The van der Waals surface area contributed by atoms with E-state index < -0.39 is 0 Å². The number of aryl methyl sites for hydroxylation is 1. The van der Waals surface area contributed by atoms with E-state index in [0.29, 0.717) is 5.92 Å². The van der Waals surface area contributed by atoms with E-state index in [1.807, 2.05) is 6.08 Å². The standard InChI is InChI=1S/C31H42/c1-4-6-8-25-11-14-31-22-29(19-20-30(31)21-25)23(3)26-15-17-28(18-16-26)27-12-9-24(7-5-2)10-13-27/h4-5,7,11,14,19-24,26-28H,1,6,8-10,12-13,15-18H2,2-3H3/b7-5+. The number of hydrogen-bond donors (Lipinski definition) is 0. The highest BCUT2D eigenvalue weighted by molar-refractivity contribution is 5.84. The Morgan fingerprint density at radius 3 is 2.19 bits per heavy atom. The van der Waals surface area contributed by atoms with Crippen LogP contribution in [0.25, 0.3) is 10.8 Å². The molecule has 0 heterocycles. The molecule has 1 unspecified atom stereocenters. The van der Waals surface area contributed by atoms with Gasteiger partial charge in [-0.25, -0.2) is 0 Å². The van der Waals surface area contributed by atoms with Crippen LogP contribution in [0, 0.1) is 23.7 Å². The van der Waals surface area contributed by atoms with Crippen molar-refractivity contribution in [2.24, 2.45) is 23.7 Å². The second-order valence-corrected chi connectivity index (χ2v) is 10.4. The van der Waals surface area contributed by atoms with Crippen LogP contribution >= 0.6 is 0 Å². The molecule has 2 aliphatic carbocycles. The van der Waals surface area contributed by atoms with Gasteiger partial charge in [-0.05, 0) is 123 Å². The van der Waals surface area contributed by atoms with Crippen molar-refractivity contribution in [1.82, 2.24) is 0 Å². The van der Waals surface area contributed by atoms with E-state index in [1.165, 1.54) is 67.7 Å². The Kier molecular flexibility index (Phi) is 7.70. The summed E-state index contributed by atoms with van der Waals surface area (Å²) in [5.74, 6) is 4.41. The van der Waals surface area contributed by atoms with Crippen LogP contribution in [0.3, 0.4) is 0 Å². The fourth-order valence-corrected chi connectivity index (χ4v) is 6.49. The molecule has 0 N–H and O–H groups in total. The Balaban J connectivity index is 1.33. The second kappa shape index (κ2) is 10.7. The lowest BCUT2D eigenvalue weighted by Crippen LogP contribution is -2.27. The van der Waals surface area contributed by atoms with E-state index in [-0.39, 0.29) is 0 Å². The first-order chi connectivity index (χ1) is 15.2. The van der Waals surface area contributed by atoms with Crippen molar-refractivity contribution in [1.29, 1.82) is 0 Å². The zero-order chi connectivity index (χ0) is 21.6. The Morgan fingerprint density at radius 2 is 1.52 bits per heavy atom. The Morgan fingerprint density at radius 1 is 0.871 bits per heavy atom. The van der Waals surface area contributed by atoms with Gasteiger partial charge in [0, 0.05) is 0 Å². The minimum Gasteiger partial charge on any atom is -0.103 e. The Labute approximate surface area is 190 Å². The quantitative estimate of drug-likeness (QED) is 0.396. The molecule has 0 saturated heterocycles. The lowest BCUT2D eigenvalue weighted by molar-refractivity contribution is 0.148. The molecule has 0 radical (unpaired) electrons. The Bertz CT molecular complexity index is 872. The van der Waals surface area contributed by atoms with Gasteiger partial charge in [-0.3, -0.25) is 0 Å². The summed E-state index contributed by atoms with van der Waals surface area (Å²) in [4.78, 5) is 0.